The number of tetrazole rings is 1. The number of anilines is 1. The van der Waals surface area contributed by atoms with Crippen LogP contribution in [0.15, 0.2) is 24.3 Å². The average molecular weight is 286 g/mol. The number of aromatic nitrogens is 4. The Balaban J connectivity index is 1.89. The lowest BCUT2D eigenvalue weighted by molar-refractivity contribution is 0.402. The van der Waals surface area contributed by atoms with Crippen LogP contribution in [0.1, 0.15) is 25.2 Å². The van der Waals surface area contributed by atoms with Crippen molar-refractivity contribution in [3.63, 3.8) is 0 Å². The maximum atomic E-state index is 4.31. The van der Waals surface area contributed by atoms with Crippen LogP contribution < -0.4 is 10.2 Å². The van der Waals surface area contributed by atoms with E-state index in [9.17, 15) is 0 Å². The lowest BCUT2D eigenvalue weighted by Gasteiger charge is -2.28. The number of rotatable bonds is 3. The van der Waals surface area contributed by atoms with Crippen molar-refractivity contribution in [3.8, 4) is 0 Å². The van der Waals surface area contributed by atoms with Crippen molar-refractivity contribution in [2.45, 2.75) is 33.0 Å². The third-order valence-electron chi connectivity index (χ3n) is 3.99. The summed E-state index contributed by atoms with van der Waals surface area (Å²) in [5, 5.41) is 16.0. The molecule has 1 aromatic carbocycles. The summed E-state index contributed by atoms with van der Waals surface area (Å²) in [4.78, 5) is 3.87. The normalized spacial score (nSPS) is 18.7. The summed E-state index contributed by atoms with van der Waals surface area (Å²) in [7, 11) is 1.80. The molecular formula is C15H22N6. The molecule has 6 heteroatoms. The highest BCUT2D eigenvalue weighted by atomic mass is 15.6. The van der Waals surface area contributed by atoms with Gasteiger partial charge in [-0.05, 0) is 22.8 Å². The molecule has 1 aromatic heterocycles. The van der Waals surface area contributed by atoms with Crippen molar-refractivity contribution in [2.75, 3.05) is 11.4 Å². The summed E-state index contributed by atoms with van der Waals surface area (Å²) in [5.41, 5.74) is 2.59. The van der Waals surface area contributed by atoms with Gasteiger partial charge in [-0.1, -0.05) is 32.0 Å². The fraction of sp³-hybridized carbons (Fsp3) is 0.533. The third-order valence-corrected chi connectivity index (χ3v) is 3.99. The van der Waals surface area contributed by atoms with Crippen LogP contribution in [0.4, 0.5) is 5.69 Å². The second-order valence-electron chi connectivity index (χ2n) is 5.94. The zero-order valence-electron chi connectivity index (χ0n) is 12.8. The largest absolute Gasteiger partial charge is 0.362 e. The minimum atomic E-state index is 0.453. The average Bonchev–Trinajstić information content (AvgIpc) is 2.78. The number of hydrogen-bond donors (Lipinski definition) is 1. The highest BCUT2D eigenvalue weighted by Crippen LogP contribution is 2.25. The summed E-state index contributed by atoms with van der Waals surface area (Å²) >= 11 is 0. The van der Waals surface area contributed by atoms with Gasteiger partial charge in [0.2, 0.25) is 0 Å². The van der Waals surface area contributed by atoms with Crippen molar-refractivity contribution < 1.29 is 0 Å². The zero-order valence-corrected chi connectivity index (χ0v) is 12.8. The molecule has 1 aliphatic heterocycles. The van der Waals surface area contributed by atoms with Crippen molar-refractivity contribution in [3.05, 3.63) is 35.7 Å². The Kier molecular flexibility index (Phi) is 3.88. The molecule has 21 heavy (non-hydrogen) atoms. The second kappa shape index (κ2) is 5.81. The van der Waals surface area contributed by atoms with E-state index in [4.69, 9.17) is 0 Å². The first-order chi connectivity index (χ1) is 10.1. The summed E-state index contributed by atoms with van der Waals surface area (Å²) in [5.74, 6) is 1.34. The van der Waals surface area contributed by atoms with E-state index in [-0.39, 0.29) is 0 Å². The molecule has 1 unspecified atom stereocenters. The summed E-state index contributed by atoms with van der Waals surface area (Å²) < 4.78 is 0. The molecule has 0 saturated heterocycles. The Morgan fingerprint density at radius 2 is 2.14 bits per heavy atom. The zero-order chi connectivity index (χ0) is 14.8. The van der Waals surface area contributed by atoms with Gasteiger partial charge in [-0.3, -0.25) is 0 Å². The summed E-state index contributed by atoms with van der Waals surface area (Å²) in [6.07, 6.45) is 0. The van der Waals surface area contributed by atoms with Crippen LogP contribution in [0.2, 0.25) is 0 Å². The van der Waals surface area contributed by atoms with E-state index in [0.717, 1.165) is 18.9 Å². The van der Waals surface area contributed by atoms with Crippen molar-refractivity contribution in [2.24, 2.45) is 13.0 Å². The number of nitrogens with one attached hydrogen (secondary N) is 1. The van der Waals surface area contributed by atoms with Gasteiger partial charge in [0.25, 0.3) is 0 Å². The Bertz CT molecular complexity index is 606. The van der Waals surface area contributed by atoms with Gasteiger partial charge in [-0.2, -0.15) is 4.80 Å². The number of fused-ring (bicyclic) bond motifs is 1. The van der Waals surface area contributed by atoms with Gasteiger partial charge < -0.3 is 10.2 Å². The molecule has 0 fully saturated rings. The first kappa shape index (κ1) is 14.0. The number of hydrogen-bond acceptors (Lipinski definition) is 5. The van der Waals surface area contributed by atoms with Crippen molar-refractivity contribution >= 4 is 5.69 Å². The molecular weight excluding hydrogens is 264 g/mol. The molecule has 0 spiro atoms. The highest BCUT2D eigenvalue weighted by molar-refractivity contribution is 5.54. The second-order valence-corrected chi connectivity index (χ2v) is 5.94. The first-order valence-corrected chi connectivity index (χ1v) is 7.42. The molecule has 2 aromatic rings. The number of nitrogens with zero attached hydrogens (tertiary/aromatic N) is 5. The molecule has 0 saturated carbocycles. The molecule has 2 heterocycles. The molecule has 1 N–H and O–H groups in total. The molecule has 3 rings (SSSR count). The molecule has 0 radical (unpaired) electrons. The fourth-order valence-electron chi connectivity index (χ4n) is 2.76. The van der Waals surface area contributed by atoms with Crippen LogP contribution >= 0.6 is 0 Å². The molecule has 1 atom stereocenters. The molecule has 112 valence electrons. The molecule has 6 nitrogen and oxygen atoms in total. The van der Waals surface area contributed by atoms with E-state index in [1.807, 2.05) is 0 Å². The fourth-order valence-corrected chi connectivity index (χ4v) is 2.76. The highest BCUT2D eigenvalue weighted by Gasteiger charge is 2.24. The Labute approximate surface area is 125 Å². The number of aryl methyl sites for hydroxylation is 1. The van der Waals surface area contributed by atoms with Crippen LogP contribution in [-0.2, 0) is 20.1 Å². The van der Waals surface area contributed by atoms with E-state index in [1.165, 1.54) is 16.0 Å². The van der Waals surface area contributed by atoms with E-state index < -0.39 is 0 Å². The lowest BCUT2D eigenvalue weighted by atomic mass is 10.0. The van der Waals surface area contributed by atoms with Gasteiger partial charge >= 0.3 is 0 Å². The molecule has 0 aliphatic carbocycles. The standard InChI is InChI=1S/C15H22N6/c1-11(2)13-9-21(10-15-17-19-20(3)18-15)14-7-5-4-6-12(14)8-16-13/h4-7,11,13,16H,8-10H2,1-3H3. The minimum absolute atomic E-state index is 0.453. The SMILES string of the molecule is CC(C)C1CN(Cc2nnn(C)n2)c2ccccc2CN1. The van der Waals surface area contributed by atoms with Gasteiger partial charge in [0.15, 0.2) is 5.82 Å². The predicted octanol–water partition coefficient (Wildman–Crippen LogP) is 1.34. The Morgan fingerprint density at radius 3 is 2.86 bits per heavy atom. The van der Waals surface area contributed by atoms with E-state index in [2.05, 4.69) is 63.7 Å². The maximum absolute atomic E-state index is 4.31. The van der Waals surface area contributed by atoms with Gasteiger partial charge in [0.05, 0.1) is 13.6 Å². The van der Waals surface area contributed by atoms with Gasteiger partial charge in [0, 0.05) is 24.8 Å². The van der Waals surface area contributed by atoms with E-state index in [0.29, 0.717) is 18.5 Å². The molecule has 0 bridgehead atoms. The van der Waals surface area contributed by atoms with E-state index in [1.54, 1.807) is 7.05 Å². The van der Waals surface area contributed by atoms with Gasteiger partial charge in [-0.15, -0.1) is 10.2 Å². The molecule has 0 amide bonds. The minimum Gasteiger partial charge on any atom is -0.362 e. The van der Waals surface area contributed by atoms with Crippen LogP contribution in [0.3, 0.4) is 0 Å². The number of para-hydroxylation sites is 1. The van der Waals surface area contributed by atoms with Crippen molar-refractivity contribution in [1.29, 1.82) is 0 Å². The maximum Gasteiger partial charge on any atom is 0.193 e. The molecule has 1 aliphatic rings. The Hall–Kier alpha value is -1.95. The quantitative estimate of drug-likeness (QED) is 0.923. The van der Waals surface area contributed by atoms with Gasteiger partial charge in [-0.25, -0.2) is 0 Å². The first-order valence-electron chi connectivity index (χ1n) is 7.42. The number of benzene rings is 1. The van der Waals surface area contributed by atoms with Crippen LogP contribution in [0, 0.1) is 5.92 Å². The van der Waals surface area contributed by atoms with Crippen molar-refractivity contribution in [1.82, 2.24) is 25.5 Å². The lowest BCUT2D eigenvalue weighted by Crippen LogP contribution is -2.41. The summed E-state index contributed by atoms with van der Waals surface area (Å²) in [6, 6.07) is 8.99. The smallest absolute Gasteiger partial charge is 0.193 e. The topological polar surface area (TPSA) is 58.9 Å². The van der Waals surface area contributed by atoms with Crippen LogP contribution in [0.5, 0.6) is 0 Å². The van der Waals surface area contributed by atoms with Crippen LogP contribution in [-0.4, -0.2) is 32.8 Å². The van der Waals surface area contributed by atoms with Crippen LogP contribution in [0.25, 0.3) is 0 Å². The Morgan fingerprint density at radius 1 is 1.33 bits per heavy atom. The van der Waals surface area contributed by atoms with E-state index >= 15 is 0 Å². The monoisotopic (exact) mass is 286 g/mol. The van der Waals surface area contributed by atoms with Gasteiger partial charge in [0.1, 0.15) is 0 Å². The predicted molar refractivity (Wildman–Crippen MR) is 81.8 cm³/mol. The third kappa shape index (κ3) is 3.05. The summed E-state index contributed by atoms with van der Waals surface area (Å²) in [6.45, 7) is 7.06.